The van der Waals surface area contributed by atoms with E-state index in [1.54, 1.807) is 29.2 Å². The summed E-state index contributed by atoms with van der Waals surface area (Å²) in [7, 11) is -1.85. The van der Waals surface area contributed by atoms with Crippen LogP contribution in [0.5, 0.6) is 0 Å². The fraction of sp³-hybridized carbons (Fsp3) is 0.556. The third kappa shape index (κ3) is 4.17. The Balaban J connectivity index is 1.64. The summed E-state index contributed by atoms with van der Waals surface area (Å²) in [6, 6.07) is 6.57. The van der Waals surface area contributed by atoms with E-state index in [1.807, 2.05) is 4.90 Å². The van der Waals surface area contributed by atoms with Gasteiger partial charge in [0.25, 0.3) is 5.91 Å². The predicted molar refractivity (Wildman–Crippen MR) is 99.5 cm³/mol. The van der Waals surface area contributed by atoms with Crippen LogP contribution < -0.4 is 4.31 Å². The Morgan fingerprint density at radius 3 is 2.15 bits per heavy atom. The fourth-order valence-corrected chi connectivity index (χ4v) is 3.62. The number of carbonyl (C=O) groups is 2. The topological polar surface area (TPSA) is 78.0 Å². The largest absolute Gasteiger partial charge is 0.341 e. The van der Waals surface area contributed by atoms with Gasteiger partial charge in [-0.15, -0.1) is 0 Å². The number of hydrogen-bond donors (Lipinski definition) is 0. The van der Waals surface area contributed by atoms with Gasteiger partial charge in [-0.05, 0) is 43.5 Å². The third-order valence-electron chi connectivity index (χ3n) is 5.00. The van der Waals surface area contributed by atoms with Crippen molar-refractivity contribution in [3.63, 3.8) is 0 Å². The Morgan fingerprint density at radius 1 is 1.00 bits per heavy atom. The smallest absolute Gasteiger partial charge is 0.253 e. The number of amides is 2. The van der Waals surface area contributed by atoms with Crippen LogP contribution in [0.15, 0.2) is 24.3 Å². The van der Waals surface area contributed by atoms with Gasteiger partial charge in [-0.1, -0.05) is 0 Å². The summed E-state index contributed by atoms with van der Waals surface area (Å²) >= 11 is 0. The Hall–Kier alpha value is -2.09. The first kappa shape index (κ1) is 18.7. The van der Waals surface area contributed by atoms with Crippen LogP contribution in [0.1, 0.15) is 29.6 Å². The number of nitrogens with zero attached hydrogens (tertiary/aromatic N) is 3. The second-order valence-corrected chi connectivity index (χ2v) is 9.04. The molecule has 0 aromatic heterocycles. The average molecular weight is 379 g/mol. The van der Waals surface area contributed by atoms with Crippen LogP contribution in [0.25, 0.3) is 0 Å². The van der Waals surface area contributed by atoms with Gasteiger partial charge in [0.2, 0.25) is 15.9 Å². The fourth-order valence-electron chi connectivity index (χ4n) is 3.12. The lowest BCUT2D eigenvalue weighted by Gasteiger charge is -2.22. The molecule has 1 aromatic rings. The predicted octanol–water partition coefficient (Wildman–Crippen LogP) is 1.17. The monoisotopic (exact) mass is 379 g/mol. The molecular formula is C18H25N3O4S. The summed E-state index contributed by atoms with van der Waals surface area (Å²) < 4.78 is 24.4. The van der Waals surface area contributed by atoms with Gasteiger partial charge < -0.3 is 9.80 Å². The van der Waals surface area contributed by atoms with Crippen molar-refractivity contribution in [2.45, 2.75) is 19.3 Å². The van der Waals surface area contributed by atoms with Gasteiger partial charge in [-0.2, -0.15) is 0 Å². The highest BCUT2D eigenvalue weighted by Crippen LogP contribution is 2.31. The molecule has 1 saturated carbocycles. The summed E-state index contributed by atoms with van der Waals surface area (Å²) in [5, 5.41) is 0. The molecule has 0 unspecified atom stereocenters. The van der Waals surface area contributed by atoms with E-state index in [0.717, 1.165) is 25.5 Å². The van der Waals surface area contributed by atoms with Crippen LogP contribution in [0.2, 0.25) is 0 Å². The number of rotatable bonds is 4. The van der Waals surface area contributed by atoms with Crippen molar-refractivity contribution >= 4 is 27.5 Å². The first-order chi connectivity index (χ1) is 12.3. The van der Waals surface area contributed by atoms with E-state index in [1.165, 1.54) is 11.4 Å². The van der Waals surface area contributed by atoms with Crippen molar-refractivity contribution in [1.29, 1.82) is 0 Å². The summed E-state index contributed by atoms with van der Waals surface area (Å²) in [5.74, 6) is 0.350. The van der Waals surface area contributed by atoms with Crippen LogP contribution in [0.3, 0.4) is 0 Å². The first-order valence-corrected chi connectivity index (χ1v) is 10.7. The van der Waals surface area contributed by atoms with Crippen LogP contribution in [-0.4, -0.2) is 69.5 Å². The van der Waals surface area contributed by atoms with Gasteiger partial charge in [0.15, 0.2) is 0 Å². The Labute approximate surface area is 154 Å². The van der Waals surface area contributed by atoms with Crippen LogP contribution >= 0.6 is 0 Å². The highest BCUT2D eigenvalue weighted by atomic mass is 32.2. The molecule has 1 aromatic carbocycles. The van der Waals surface area contributed by atoms with E-state index in [9.17, 15) is 18.0 Å². The molecule has 1 aliphatic heterocycles. The minimum atomic E-state index is -3.33. The molecule has 1 heterocycles. The molecule has 7 nitrogen and oxygen atoms in total. The van der Waals surface area contributed by atoms with Gasteiger partial charge >= 0.3 is 0 Å². The maximum atomic E-state index is 12.7. The second kappa shape index (κ2) is 7.26. The molecular weight excluding hydrogens is 354 g/mol. The molecule has 0 radical (unpaired) electrons. The number of hydrogen-bond acceptors (Lipinski definition) is 4. The highest BCUT2D eigenvalue weighted by molar-refractivity contribution is 7.92. The normalized spacial score (nSPS) is 18.4. The molecule has 0 bridgehead atoms. The molecule has 1 aliphatic carbocycles. The SMILES string of the molecule is CN(c1ccc(C(=O)N2CCCN(C(=O)C3CC3)CC2)cc1)S(C)(=O)=O. The zero-order valence-electron chi connectivity index (χ0n) is 15.2. The average Bonchev–Trinajstić information content (AvgIpc) is 3.45. The molecule has 2 amide bonds. The summed E-state index contributed by atoms with van der Waals surface area (Å²) in [4.78, 5) is 28.6. The Kier molecular flexibility index (Phi) is 5.22. The number of anilines is 1. The van der Waals surface area contributed by atoms with E-state index in [4.69, 9.17) is 0 Å². The van der Waals surface area contributed by atoms with Crippen molar-refractivity contribution in [3.05, 3.63) is 29.8 Å². The van der Waals surface area contributed by atoms with Gasteiger partial charge in [0, 0.05) is 44.7 Å². The van der Waals surface area contributed by atoms with Gasteiger partial charge in [-0.3, -0.25) is 13.9 Å². The van der Waals surface area contributed by atoms with Crippen molar-refractivity contribution in [1.82, 2.24) is 9.80 Å². The molecule has 0 atom stereocenters. The molecule has 2 aliphatic rings. The molecule has 0 spiro atoms. The standard InChI is InChI=1S/C18H25N3O4S/c1-19(26(2,24)25)16-8-6-15(7-9-16)18(23)21-11-3-10-20(12-13-21)17(22)14-4-5-14/h6-9,14H,3-5,10-13H2,1-2H3. The molecule has 3 rings (SSSR count). The van der Waals surface area contributed by atoms with E-state index in [0.29, 0.717) is 37.4 Å². The van der Waals surface area contributed by atoms with Crippen LogP contribution in [0.4, 0.5) is 5.69 Å². The lowest BCUT2D eigenvalue weighted by Crippen LogP contribution is -2.38. The maximum Gasteiger partial charge on any atom is 0.253 e. The summed E-state index contributed by atoms with van der Waals surface area (Å²) in [5.41, 5.74) is 1.04. The number of sulfonamides is 1. The highest BCUT2D eigenvalue weighted by Gasteiger charge is 2.34. The van der Waals surface area contributed by atoms with Gasteiger partial charge in [0.05, 0.1) is 11.9 Å². The molecule has 142 valence electrons. The van der Waals surface area contributed by atoms with E-state index < -0.39 is 10.0 Å². The Bertz CT molecular complexity index is 787. The van der Waals surface area contributed by atoms with Crippen molar-refractivity contribution in [2.24, 2.45) is 5.92 Å². The van der Waals surface area contributed by atoms with E-state index in [-0.39, 0.29) is 17.7 Å². The lowest BCUT2D eigenvalue weighted by molar-refractivity contribution is -0.132. The van der Waals surface area contributed by atoms with Crippen LogP contribution in [0, 0.1) is 5.92 Å². The van der Waals surface area contributed by atoms with Gasteiger partial charge in [0.1, 0.15) is 0 Å². The van der Waals surface area contributed by atoms with Crippen molar-refractivity contribution < 1.29 is 18.0 Å². The second-order valence-electron chi connectivity index (χ2n) is 7.02. The van der Waals surface area contributed by atoms with Crippen molar-refractivity contribution in [3.8, 4) is 0 Å². The van der Waals surface area contributed by atoms with E-state index >= 15 is 0 Å². The van der Waals surface area contributed by atoms with Crippen molar-refractivity contribution in [2.75, 3.05) is 43.8 Å². The number of carbonyl (C=O) groups excluding carboxylic acids is 2. The van der Waals surface area contributed by atoms with Gasteiger partial charge in [-0.25, -0.2) is 8.42 Å². The maximum absolute atomic E-state index is 12.7. The summed E-state index contributed by atoms with van der Waals surface area (Å²) in [6.45, 7) is 2.44. The summed E-state index contributed by atoms with van der Waals surface area (Å²) in [6.07, 6.45) is 3.90. The number of benzene rings is 1. The first-order valence-electron chi connectivity index (χ1n) is 8.89. The molecule has 2 fully saturated rings. The van der Waals surface area contributed by atoms with Crippen LogP contribution in [-0.2, 0) is 14.8 Å². The minimum absolute atomic E-state index is 0.0840. The molecule has 26 heavy (non-hydrogen) atoms. The zero-order chi connectivity index (χ0) is 18.9. The zero-order valence-corrected chi connectivity index (χ0v) is 16.0. The Morgan fingerprint density at radius 2 is 1.58 bits per heavy atom. The quantitative estimate of drug-likeness (QED) is 0.787. The van der Waals surface area contributed by atoms with E-state index in [2.05, 4.69) is 0 Å². The molecule has 8 heteroatoms. The minimum Gasteiger partial charge on any atom is -0.341 e. The lowest BCUT2D eigenvalue weighted by atomic mass is 10.1. The molecule has 1 saturated heterocycles. The third-order valence-corrected chi connectivity index (χ3v) is 6.20. The molecule has 0 N–H and O–H groups in total.